The lowest BCUT2D eigenvalue weighted by Gasteiger charge is -2.15. The number of carboxylic acids is 1. The van der Waals surface area contributed by atoms with Crippen LogP contribution in [-0.4, -0.2) is 17.0 Å². The lowest BCUT2D eigenvalue weighted by Crippen LogP contribution is -2.23. The molecule has 2 rings (SSSR count). The molecule has 21 heavy (non-hydrogen) atoms. The average molecular weight is 304 g/mol. The number of carboxylic acid groups (broad SMARTS) is 1. The van der Waals surface area contributed by atoms with Gasteiger partial charge in [-0.3, -0.25) is 10.2 Å². The van der Waals surface area contributed by atoms with Crippen molar-refractivity contribution in [2.24, 2.45) is 0 Å². The van der Waals surface area contributed by atoms with E-state index in [1.165, 1.54) is 0 Å². The topological polar surface area (TPSA) is 70.4 Å². The summed E-state index contributed by atoms with van der Waals surface area (Å²) in [5.41, 5.74) is 1.30. The van der Waals surface area contributed by atoms with Crippen LogP contribution in [0.1, 0.15) is 17.0 Å². The molecular weight excluding hydrogens is 290 g/mol. The highest BCUT2D eigenvalue weighted by atomic mass is 35.5. The fourth-order valence-electron chi connectivity index (χ4n) is 1.92. The van der Waals surface area contributed by atoms with Crippen LogP contribution in [0.2, 0.25) is 5.02 Å². The molecule has 108 valence electrons. The van der Waals surface area contributed by atoms with Crippen molar-refractivity contribution in [3.8, 4) is 0 Å². The minimum atomic E-state index is -1.11. The van der Waals surface area contributed by atoms with E-state index in [0.717, 1.165) is 5.56 Å². The van der Waals surface area contributed by atoms with Gasteiger partial charge in [-0.25, -0.2) is 0 Å². The highest BCUT2D eigenvalue weighted by molar-refractivity contribution is 6.30. The van der Waals surface area contributed by atoms with Gasteiger partial charge in [-0.1, -0.05) is 54.1 Å². The van der Waals surface area contributed by atoms with Crippen molar-refractivity contribution in [3.63, 3.8) is 0 Å². The third-order valence-electron chi connectivity index (χ3n) is 2.93. The molecule has 0 aliphatic heterocycles. The lowest BCUT2D eigenvalue weighted by atomic mass is 9.99. The van der Waals surface area contributed by atoms with E-state index >= 15 is 0 Å². The lowest BCUT2D eigenvalue weighted by molar-refractivity contribution is -0.137. The van der Waals surface area contributed by atoms with Crippen LogP contribution in [0, 0.1) is 5.41 Å². The normalized spacial score (nSPS) is 11.7. The van der Waals surface area contributed by atoms with Gasteiger partial charge in [0.15, 0.2) is 11.8 Å². The summed E-state index contributed by atoms with van der Waals surface area (Å²) in [6.07, 6.45) is 0. The van der Waals surface area contributed by atoms with Crippen molar-refractivity contribution in [1.29, 1.82) is 5.41 Å². The van der Waals surface area contributed by atoms with E-state index in [1.807, 2.05) is 0 Å². The number of hydrogen-bond acceptors (Lipinski definition) is 3. The molecule has 2 N–H and O–H groups in total. The van der Waals surface area contributed by atoms with Gasteiger partial charge in [-0.2, -0.15) is 0 Å². The largest absolute Gasteiger partial charge is 0.480 e. The van der Waals surface area contributed by atoms with E-state index in [9.17, 15) is 9.90 Å². The minimum Gasteiger partial charge on any atom is -0.480 e. The quantitative estimate of drug-likeness (QED) is 0.653. The second kappa shape index (κ2) is 6.90. The molecule has 0 saturated heterocycles. The zero-order valence-electron chi connectivity index (χ0n) is 11.1. The van der Waals surface area contributed by atoms with Crippen molar-refractivity contribution in [2.75, 3.05) is 0 Å². The monoisotopic (exact) mass is 303 g/mol. The molecule has 0 spiro atoms. The van der Waals surface area contributed by atoms with Gasteiger partial charge < -0.3 is 9.84 Å². The number of halogens is 1. The van der Waals surface area contributed by atoms with Crippen molar-refractivity contribution < 1.29 is 14.6 Å². The molecule has 0 aliphatic carbocycles. The van der Waals surface area contributed by atoms with Crippen molar-refractivity contribution in [3.05, 3.63) is 70.7 Å². The Labute approximate surface area is 127 Å². The van der Waals surface area contributed by atoms with Gasteiger partial charge >= 0.3 is 5.97 Å². The summed E-state index contributed by atoms with van der Waals surface area (Å²) in [6, 6.07) is 15.6. The maximum Gasteiger partial charge on any atom is 0.320 e. The molecule has 1 unspecified atom stereocenters. The number of nitrogens with one attached hydrogen (secondary N) is 1. The standard InChI is InChI=1S/C16H14ClNO3/c17-13-8-4-5-11(9-13)10-21-15(18)14(16(19)20)12-6-2-1-3-7-12/h1-9,14,18H,10H2,(H,19,20). The number of carbonyl (C=O) groups is 1. The van der Waals surface area contributed by atoms with Crippen LogP contribution in [-0.2, 0) is 16.1 Å². The van der Waals surface area contributed by atoms with Gasteiger partial charge in [-0.15, -0.1) is 0 Å². The summed E-state index contributed by atoms with van der Waals surface area (Å²) in [6.45, 7) is 0.107. The maximum atomic E-state index is 11.4. The molecule has 0 aromatic heterocycles. The van der Waals surface area contributed by atoms with Gasteiger partial charge in [0.2, 0.25) is 0 Å². The smallest absolute Gasteiger partial charge is 0.320 e. The van der Waals surface area contributed by atoms with E-state index < -0.39 is 11.9 Å². The van der Waals surface area contributed by atoms with Crippen molar-refractivity contribution in [2.45, 2.75) is 12.5 Å². The number of ether oxygens (including phenoxy) is 1. The van der Waals surface area contributed by atoms with Gasteiger partial charge in [-0.05, 0) is 23.3 Å². The molecule has 1 atom stereocenters. The van der Waals surface area contributed by atoms with Crippen LogP contribution in [0.4, 0.5) is 0 Å². The van der Waals surface area contributed by atoms with Crippen LogP contribution in [0.3, 0.4) is 0 Å². The highest BCUT2D eigenvalue weighted by Crippen LogP contribution is 2.19. The summed E-state index contributed by atoms with van der Waals surface area (Å²) in [5, 5.41) is 17.7. The third kappa shape index (κ3) is 4.07. The number of aliphatic carboxylic acids is 1. The Morgan fingerprint density at radius 3 is 2.52 bits per heavy atom. The fraction of sp³-hybridized carbons (Fsp3) is 0.125. The molecule has 0 radical (unpaired) electrons. The first-order chi connectivity index (χ1) is 10.1. The van der Waals surface area contributed by atoms with E-state index in [2.05, 4.69) is 0 Å². The second-order valence-corrected chi connectivity index (χ2v) is 4.90. The molecule has 0 aliphatic rings. The molecule has 2 aromatic carbocycles. The SMILES string of the molecule is N=C(OCc1cccc(Cl)c1)C(C(=O)O)c1ccccc1. The Bertz CT molecular complexity index is 643. The summed E-state index contributed by atoms with van der Waals surface area (Å²) >= 11 is 5.87. The van der Waals surface area contributed by atoms with Gasteiger partial charge in [0.05, 0.1) is 0 Å². The number of benzene rings is 2. The van der Waals surface area contributed by atoms with Gasteiger partial charge in [0, 0.05) is 5.02 Å². The van der Waals surface area contributed by atoms with E-state index in [1.54, 1.807) is 54.6 Å². The van der Waals surface area contributed by atoms with Crippen LogP contribution < -0.4 is 0 Å². The summed E-state index contributed by atoms with van der Waals surface area (Å²) in [7, 11) is 0. The third-order valence-corrected chi connectivity index (χ3v) is 3.16. The maximum absolute atomic E-state index is 11.4. The van der Waals surface area contributed by atoms with Crippen LogP contribution in [0.25, 0.3) is 0 Å². The minimum absolute atomic E-state index is 0.107. The Balaban J connectivity index is 2.08. The number of rotatable bonds is 5. The van der Waals surface area contributed by atoms with Crippen molar-refractivity contribution in [1.82, 2.24) is 0 Å². The zero-order chi connectivity index (χ0) is 15.2. The molecule has 4 nitrogen and oxygen atoms in total. The molecule has 0 amide bonds. The Morgan fingerprint density at radius 2 is 1.90 bits per heavy atom. The van der Waals surface area contributed by atoms with E-state index in [4.69, 9.17) is 21.7 Å². The molecule has 0 saturated carbocycles. The van der Waals surface area contributed by atoms with Crippen molar-refractivity contribution >= 4 is 23.5 Å². The second-order valence-electron chi connectivity index (χ2n) is 4.46. The first-order valence-corrected chi connectivity index (χ1v) is 6.69. The molecule has 5 heteroatoms. The van der Waals surface area contributed by atoms with Crippen LogP contribution in [0.15, 0.2) is 54.6 Å². The van der Waals surface area contributed by atoms with Crippen LogP contribution >= 0.6 is 11.6 Å². The summed E-state index contributed by atoms with van der Waals surface area (Å²) in [4.78, 5) is 11.4. The molecular formula is C16H14ClNO3. The average Bonchev–Trinajstić information content (AvgIpc) is 2.46. The predicted octanol–water partition coefficient (Wildman–Crippen LogP) is 3.70. The van der Waals surface area contributed by atoms with Crippen LogP contribution in [0.5, 0.6) is 0 Å². The first-order valence-electron chi connectivity index (χ1n) is 6.31. The Morgan fingerprint density at radius 1 is 1.19 bits per heavy atom. The summed E-state index contributed by atoms with van der Waals surface area (Å²) in [5.74, 6) is -2.52. The Hall–Kier alpha value is -2.33. The predicted molar refractivity (Wildman–Crippen MR) is 80.8 cm³/mol. The van der Waals surface area contributed by atoms with Gasteiger partial charge in [0.1, 0.15) is 6.61 Å². The molecule has 0 heterocycles. The highest BCUT2D eigenvalue weighted by Gasteiger charge is 2.26. The van der Waals surface area contributed by atoms with Gasteiger partial charge in [0.25, 0.3) is 0 Å². The molecule has 0 fully saturated rings. The molecule has 0 bridgehead atoms. The zero-order valence-corrected chi connectivity index (χ0v) is 11.9. The Kier molecular flexibility index (Phi) is 4.95. The number of hydrogen-bond donors (Lipinski definition) is 2. The van der Waals surface area contributed by atoms with E-state index in [-0.39, 0.29) is 12.5 Å². The molecule has 2 aromatic rings. The first kappa shape index (κ1) is 15.1. The van der Waals surface area contributed by atoms with E-state index in [0.29, 0.717) is 10.6 Å². The summed E-state index contributed by atoms with van der Waals surface area (Å²) < 4.78 is 5.30. The fourth-order valence-corrected chi connectivity index (χ4v) is 2.14.